The van der Waals surface area contributed by atoms with E-state index in [-0.39, 0.29) is 10.8 Å². The molecular formula is C12H8N2O3S2. The first-order valence-corrected chi connectivity index (χ1v) is 7.39. The van der Waals surface area contributed by atoms with Gasteiger partial charge < -0.3 is 5.32 Å². The third-order valence-corrected chi connectivity index (χ3v) is 4.37. The predicted molar refractivity (Wildman–Crippen MR) is 73.8 cm³/mol. The zero-order chi connectivity index (χ0) is 13.4. The molecule has 1 N–H and O–H groups in total. The Balaban J connectivity index is 2.16. The van der Waals surface area contributed by atoms with Crippen molar-refractivity contribution in [1.29, 1.82) is 0 Å². The molecule has 0 saturated heterocycles. The molecule has 0 radical (unpaired) electrons. The van der Waals surface area contributed by atoms with Crippen molar-refractivity contribution in [1.82, 2.24) is 5.32 Å². The second-order valence-electron chi connectivity index (χ2n) is 3.92. The second kappa shape index (κ2) is 4.60. The van der Waals surface area contributed by atoms with Crippen LogP contribution < -0.4 is 5.32 Å². The Morgan fingerprint density at radius 1 is 1.37 bits per heavy atom. The van der Waals surface area contributed by atoms with Gasteiger partial charge in [-0.1, -0.05) is 12.1 Å². The van der Waals surface area contributed by atoms with Gasteiger partial charge in [-0.2, -0.15) is 8.42 Å². The summed E-state index contributed by atoms with van der Waals surface area (Å²) in [4.78, 5) is 17.2. The van der Waals surface area contributed by atoms with E-state index in [0.29, 0.717) is 11.4 Å². The molecule has 0 aromatic carbocycles. The number of amides is 1. The van der Waals surface area contributed by atoms with Crippen LogP contribution in [0.3, 0.4) is 0 Å². The van der Waals surface area contributed by atoms with Crippen molar-refractivity contribution in [3.8, 4) is 0 Å². The van der Waals surface area contributed by atoms with Gasteiger partial charge in [0.05, 0.1) is 5.70 Å². The maximum atomic E-state index is 12.0. The predicted octanol–water partition coefficient (Wildman–Crippen LogP) is 0.865. The lowest BCUT2D eigenvalue weighted by Crippen LogP contribution is -2.39. The number of hydrogen-bond donors (Lipinski definition) is 1. The van der Waals surface area contributed by atoms with Gasteiger partial charge in [-0.15, -0.1) is 11.3 Å². The van der Waals surface area contributed by atoms with Crippen molar-refractivity contribution in [3.05, 3.63) is 46.3 Å². The summed E-state index contributed by atoms with van der Waals surface area (Å²) in [5.74, 6) is -0.246. The number of rotatable bonds is 1. The van der Waals surface area contributed by atoms with Gasteiger partial charge in [-0.25, -0.2) is 0 Å². The maximum absolute atomic E-state index is 12.0. The van der Waals surface area contributed by atoms with E-state index in [1.165, 1.54) is 17.4 Å². The van der Waals surface area contributed by atoms with Crippen LogP contribution in [-0.4, -0.2) is 24.9 Å². The molecule has 0 spiro atoms. The lowest BCUT2D eigenvalue weighted by atomic mass is 10.0. The highest BCUT2D eigenvalue weighted by Gasteiger charge is 2.31. The van der Waals surface area contributed by atoms with E-state index in [1.54, 1.807) is 18.2 Å². The van der Waals surface area contributed by atoms with Crippen molar-refractivity contribution in [2.75, 3.05) is 0 Å². The van der Waals surface area contributed by atoms with Crippen LogP contribution in [0.25, 0.3) is 0 Å². The Labute approximate surface area is 114 Å². The number of allylic oxidation sites excluding steroid dienone is 4. The molecule has 96 valence electrons. The fourth-order valence-electron chi connectivity index (χ4n) is 1.92. The number of thiophene rings is 1. The smallest absolute Gasteiger partial charge is 0.254 e. The van der Waals surface area contributed by atoms with Gasteiger partial charge >= 0.3 is 0 Å². The summed E-state index contributed by atoms with van der Waals surface area (Å²) in [7, 11) is -2.38. The van der Waals surface area contributed by atoms with Crippen molar-refractivity contribution in [2.24, 2.45) is 4.99 Å². The Hall–Kier alpha value is -1.99. The van der Waals surface area contributed by atoms with Crippen molar-refractivity contribution in [2.45, 2.75) is 6.04 Å². The summed E-state index contributed by atoms with van der Waals surface area (Å²) in [6.45, 7) is 0. The zero-order valence-electron chi connectivity index (χ0n) is 9.53. The number of nitrogens with one attached hydrogen (secondary N) is 1. The lowest BCUT2D eigenvalue weighted by Gasteiger charge is -2.23. The van der Waals surface area contributed by atoms with Crippen LogP contribution in [0.5, 0.6) is 0 Å². The topological polar surface area (TPSA) is 75.6 Å². The number of aliphatic imine (C=N–C) groups is 1. The van der Waals surface area contributed by atoms with E-state index < -0.39 is 16.3 Å². The van der Waals surface area contributed by atoms with Gasteiger partial charge in [0.1, 0.15) is 10.6 Å². The monoisotopic (exact) mass is 292 g/mol. The number of carbonyl (C=O) groups excluding carboxylic acids is 1. The first-order valence-electron chi connectivity index (χ1n) is 5.44. The van der Waals surface area contributed by atoms with Crippen LogP contribution in [0, 0.1) is 0 Å². The Kier molecular flexibility index (Phi) is 2.92. The largest absolute Gasteiger partial charge is 0.322 e. The van der Waals surface area contributed by atoms with Crippen LogP contribution in [0.15, 0.2) is 46.4 Å². The minimum Gasteiger partial charge on any atom is -0.322 e. The van der Waals surface area contributed by atoms with Crippen LogP contribution in [0.2, 0.25) is 0 Å². The average molecular weight is 292 g/mol. The van der Waals surface area contributed by atoms with E-state index in [0.717, 1.165) is 4.88 Å². The standard InChI is InChI=1S/C12H8N2O3S2/c15-12-11(8-4-2-6-18-8)14-10-7(13-12)3-1-5-9(10)19(16)17/h1-6,11H,(H,13,15). The molecule has 0 saturated carbocycles. The van der Waals surface area contributed by atoms with Crippen molar-refractivity contribution >= 4 is 38.1 Å². The highest BCUT2D eigenvalue weighted by Crippen LogP contribution is 2.27. The maximum Gasteiger partial charge on any atom is 0.254 e. The van der Waals surface area contributed by atoms with E-state index in [4.69, 9.17) is 0 Å². The molecule has 1 aromatic heterocycles. The average Bonchev–Trinajstić information content (AvgIpc) is 2.90. The van der Waals surface area contributed by atoms with Gasteiger partial charge in [0.25, 0.3) is 5.91 Å². The molecule has 0 fully saturated rings. The highest BCUT2D eigenvalue weighted by molar-refractivity contribution is 7.75. The highest BCUT2D eigenvalue weighted by atomic mass is 32.2. The third-order valence-electron chi connectivity index (χ3n) is 2.76. The van der Waals surface area contributed by atoms with Gasteiger partial charge in [-0.3, -0.25) is 9.79 Å². The summed E-state index contributed by atoms with van der Waals surface area (Å²) >= 11 is 1.41. The first-order chi connectivity index (χ1) is 9.16. The molecular weight excluding hydrogens is 284 g/mol. The molecule has 1 aromatic rings. The van der Waals surface area contributed by atoms with Crippen LogP contribution >= 0.6 is 11.3 Å². The first kappa shape index (κ1) is 12.1. The molecule has 1 aliphatic heterocycles. The van der Waals surface area contributed by atoms with Gasteiger partial charge in [0.15, 0.2) is 6.04 Å². The quantitative estimate of drug-likeness (QED) is 0.780. The van der Waals surface area contributed by atoms with E-state index in [1.807, 2.05) is 11.4 Å². The summed E-state index contributed by atoms with van der Waals surface area (Å²) in [6, 6.07) is 2.95. The molecule has 2 aliphatic rings. The molecule has 2 heterocycles. The van der Waals surface area contributed by atoms with E-state index in [9.17, 15) is 13.2 Å². The summed E-state index contributed by atoms with van der Waals surface area (Å²) in [5.41, 5.74) is 0.744. The molecule has 1 amide bonds. The molecule has 5 nitrogen and oxygen atoms in total. The number of fused-ring (bicyclic) bond motifs is 1. The summed E-state index contributed by atoms with van der Waals surface area (Å²) < 4.78 is 22.4. The second-order valence-corrected chi connectivity index (χ2v) is 5.81. The van der Waals surface area contributed by atoms with Crippen LogP contribution in [0.4, 0.5) is 0 Å². The molecule has 19 heavy (non-hydrogen) atoms. The fraction of sp³-hybridized carbons (Fsp3) is 0.0833. The summed E-state index contributed by atoms with van der Waals surface area (Å²) in [6.07, 6.45) is 4.68. The van der Waals surface area contributed by atoms with Crippen molar-refractivity contribution in [3.63, 3.8) is 0 Å². The van der Waals surface area contributed by atoms with E-state index in [2.05, 4.69) is 10.3 Å². The van der Waals surface area contributed by atoms with Crippen LogP contribution in [0.1, 0.15) is 10.9 Å². The molecule has 1 atom stereocenters. The molecule has 1 aliphatic carbocycles. The molecule has 3 rings (SSSR count). The Morgan fingerprint density at radius 3 is 2.89 bits per heavy atom. The normalized spacial score (nSPS) is 21.4. The summed E-state index contributed by atoms with van der Waals surface area (Å²) in [5, 5.41) is 4.55. The van der Waals surface area contributed by atoms with Crippen LogP contribution in [-0.2, 0) is 15.1 Å². The molecule has 1 unspecified atom stereocenters. The SMILES string of the molecule is O=C1NC2=CC=CC(=S(=O)=O)C2=NC1c1cccs1. The van der Waals surface area contributed by atoms with E-state index >= 15 is 0 Å². The van der Waals surface area contributed by atoms with Gasteiger partial charge in [0, 0.05) is 4.88 Å². The van der Waals surface area contributed by atoms with Gasteiger partial charge in [-0.05, 0) is 23.6 Å². The van der Waals surface area contributed by atoms with Crippen molar-refractivity contribution < 1.29 is 13.2 Å². The Bertz CT molecular complexity index is 760. The lowest BCUT2D eigenvalue weighted by molar-refractivity contribution is -0.121. The fourth-order valence-corrected chi connectivity index (χ4v) is 3.19. The number of hydrogen-bond acceptors (Lipinski definition) is 5. The zero-order valence-corrected chi connectivity index (χ0v) is 11.2. The van der Waals surface area contributed by atoms with Gasteiger partial charge in [0.2, 0.25) is 10.3 Å². The minimum atomic E-state index is -2.38. The number of carbonyl (C=O) groups is 1. The molecule has 7 heteroatoms. The Morgan fingerprint density at radius 2 is 2.21 bits per heavy atom. The third kappa shape index (κ3) is 2.06. The minimum absolute atomic E-state index is 0.0963. The number of nitrogens with zero attached hydrogens (tertiary/aromatic N) is 1. The molecule has 0 bridgehead atoms.